The molecule has 0 unspecified atom stereocenters. The molecule has 0 radical (unpaired) electrons. The molecule has 0 aromatic heterocycles. The average Bonchev–Trinajstić information content (AvgIpc) is 2.90. The first kappa shape index (κ1) is 30.0. The highest BCUT2D eigenvalue weighted by Crippen LogP contribution is 2.19. The average molecular weight is 497 g/mol. The van der Waals surface area contributed by atoms with Gasteiger partial charge in [-0.1, -0.05) is 109 Å². The van der Waals surface area contributed by atoms with Crippen molar-refractivity contribution in [2.24, 2.45) is 0 Å². The van der Waals surface area contributed by atoms with E-state index in [-0.39, 0.29) is 5.91 Å². The number of carbonyl (C=O) groups excluding carboxylic acids is 1. The molecule has 1 aromatic rings. The Bertz CT molecular complexity index is 799. The van der Waals surface area contributed by atoms with Crippen LogP contribution >= 0.6 is 0 Å². The number of rotatable bonds is 20. The number of allylic oxidation sites excluding steroid dienone is 2. The van der Waals surface area contributed by atoms with E-state index in [9.17, 15) is 4.79 Å². The van der Waals surface area contributed by atoms with Crippen molar-refractivity contribution in [3.05, 3.63) is 53.3 Å². The molecule has 1 heterocycles. The van der Waals surface area contributed by atoms with Crippen LogP contribution < -0.4 is 10.1 Å². The summed E-state index contributed by atoms with van der Waals surface area (Å²) in [6.45, 7) is 9.37. The molecule has 0 bridgehead atoms. The fourth-order valence-electron chi connectivity index (χ4n) is 4.78. The van der Waals surface area contributed by atoms with Gasteiger partial charge in [0.2, 0.25) is 0 Å². The first-order chi connectivity index (χ1) is 17.7. The van der Waals surface area contributed by atoms with Crippen molar-refractivity contribution < 1.29 is 9.53 Å². The molecule has 202 valence electrons. The second kappa shape index (κ2) is 19.0. The molecule has 0 aliphatic carbocycles. The summed E-state index contributed by atoms with van der Waals surface area (Å²) in [6.07, 6.45) is 25.1. The third-order valence-electron chi connectivity index (χ3n) is 7.19. The third-order valence-corrected chi connectivity index (χ3v) is 7.19. The lowest BCUT2D eigenvalue weighted by Crippen LogP contribution is -2.36. The Morgan fingerprint density at radius 2 is 1.50 bits per heavy atom. The van der Waals surface area contributed by atoms with Gasteiger partial charge in [0.25, 0.3) is 5.91 Å². The van der Waals surface area contributed by atoms with Crippen LogP contribution in [0.25, 0.3) is 0 Å². The molecule has 4 nitrogen and oxygen atoms in total. The molecule has 0 saturated heterocycles. The van der Waals surface area contributed by atoms with Gasteiger partial charge >= 0.3 is 0 Å². The third kappa shape index (κ3) is 12.1. The summed E-state index contributed by atoms with van der Waals surface area (Å²) in [5.74, 6) is 0.910. The van der Waals surface area contributed by atoms with Gasteiger partial charge in [0.05, 0.1) is 6.61 Å². The van der Waals surface area contributed by atoms with E-state index < -0.39 is 0 Å². The number of carbonyl (C=O) groups is 1. The minimum absolute atomic E-state index is 0.0151. The Labute approximate surface area is 221 Å². The van der Waals surface area contributed by atoms with Crippen LogP contribution in [0.15, 0.2) is 42.1 Å². The van der Waals surface area contributed by atoms with Crippen molar-refractivity contribution in [2.75, 3.05) is 19.7 Å². The number of ether oxygens (including phenoxy) is 1. The van der Waals surface area contributed by atoms with Crippen LogP contribution in [0.1, 0.15) is 115 Å². The molecule has 4 heteroatoms. The van der Waals surface area contributed by atoms with E-state index in [2.05, 4.69) is 49.2 Å². The van der Waals surface area contributed by atoms with Crippen LogP contribution in [0.2, 0.25) is 0 Å². The molecule has 0 fully saturated rings. The molecule has 2 rings (SSSR count). The fraction of sp³-hybridized carbons (Fsp3) is 0.656. The molecule has 0 spiro atoms. The highest BCUT2D eigenvalue weighted by Gasteiger charge is 2.16. The highest BCUT2D eigenvalue weighted by molar-refractivity contribution is 5.93. The second-order valence-electron chi connectivity index (χ2n) is 10.2. The maximum atomic E-state index is 12.6. The monoisotopic (exact) mass is 496 g/mol. The summed E-state index contributed by atoms with van der Waals surface area (Å²) in [7, 11) is 0. The minimum Gasteiger partial charge on any atom is -0.494 e. The molecule has 1 N–H and O–H groups in total. The van der Waals surface area contributed by atoms with Crippen molar-refractivity contribution in [1.29, 1.82) is 0 Å². The van der Waals surface area contributed by atoms with Crippen molar-refractivity contribution in [2.45, 2.75) is 117 Å². The molecule has 1 aliphatic heterocycles. The SMILES string of the molecule is CCCCCCCCCCCCCCCCOc1ccc(CNC(=O)C2=CC=CCN2CC)c(C)c1. The van der Waals surface area contributed by atoms with Gasteiger partial charge in [-0.05, 0) is 49.6 Å². The van der Waals surface area contributed by atoms with Gasteiger partial charge in [-0.25, -0.2) is 0 Å². The summed E-state index contributed by atoms with van der Waals surface area (Å²) < 4.78 is 5.99. The summed E-state index contributed by atoms with van der Waals surface area (Å²) in [5.41, 5.74) is 3.02. The predicted octanol–water partition coefficient (Wildman–Crippen LogP) is 8.25. The van der Waals surface area contributed by atoms with Gasteiger partial charge in [-0.3, -0.25) is 4.79 Å². The van der Waals surface area contributed by atoms with E-state index in [1.165, 1.54) is 83.5 Å². The fourth-order valence-corrected chi connectivity index (χ4v) is 4.78. The molecule has 1 aromatic carbocycles. The second-order valence-corrected chi connectivity index (χ2v) is 10.2. The van der Waals surface area contributed by atoms with Gasteiger partial charge in [0.15, 0.2) is 0 Å². The van der Waals surface area contributed by atoms with Gasteiger partial charge in [0, 0.05) is 19.6 Å². The number of unbranched alkanes of at least 4 members (excludes halogenated alkanes) is 13. The lowest BCUT2D eigenvalue weighted by Gasteiger charge is -2.25. The number of nitrogens with one attached hydrogen (secondary N) is 1. The van der Waals surface area contributed by atoms with Crippen LogP contribution in [0, 0.1) is 6.92 Å². The van der Waals surface area contributed by atoms with Gasteiger partial charge in [0.1, 0.15) is 11.4 Å². The van der Waals surface area contributed by atoms with E-state index in [0.717, 1.165) is 48.7 Å². The summed E-state index contributed by atoms with van der Waals surface area (Å²) in [6, 6.07) is 6.19. The largest absolute Gasteiger partial charge is 0.494 e. The lowest BCUT2D eigenvalue weighted by molar-refractivity contribution is -0.119. The predicted molar refractivity (Wildman–Crippen MR) is 153 cm³/mol. The van der Waals surface area contributed by atoms with Crippen molar-refractivity contribution in [1.82, 2.24) is 10.2 Å². The first-order valence-electron chi connectivity index (χ1n) is 14.8. The minimum atomic E-state index is -0.0151. The normalized spacial score (nSPS) is 13.1. The summed E-state index contributed by atoms with van der Waals surface area (Å²) in [4.78, 5) is 14.7. The topological polar surface area (TPSA) is 41.6 Å². The van der Waals surface area contributed by atoms with Crippen LogP contribution in [0.3, 0.4) is 0 Å². The summed E-state index contributed by atoms with van der Waals surface area (Å²) >= 11 is 0. The zero-order valence-electron chi connectivity index (χ0n) is 23.5. The number of benzene rings is 1. The number of hydrogen-bond acceptors (Lipinski definition) is 3. The van der Waals surface area contributed by atoms with E-state index in [1.54, 1.807) is 0 Å². The van der Waals surface area contributed by atoms with Gasteiger partial charge in [-0.2, -0.15) is 0 Å². The number of hydrogen-bond donors (Lipinski definition) is 1. The van der Waals surface area contributed by atoms with Crippen LogP contribution in [0.5, 0.6) is 5.75 Å². The standard InChI is InChI=1S/C32H52N2O2/c1-4-6-7-8-9-10-11-12-13-14-15-16-17-20-25-36-30-23-22-29(28(3)26-30)27-33-32(35)31-21-18-19-24-34(31)5-2/h18-19,21-23,26H,4-17,20,24-25,27H2,1-3H3,(H,33,35). The quantitative estimate of drug-likeness (QED) is 0.185. The number of nitrogens with zero attached hydrogens (tertiary/aromatic N) is 1. The number of likely N-dealkylation sites (N-methyl/N-ethyl adjacent to an activating group) is 1. The Balaban J connectivity index is 1.51. The van der Waals surface area contributed by atoms with Gasteiger partial charge in [-0.15, -0.1) is 0 Å². The summed E-state index contributed by atoms with van der Waals surface area (Å²) in [5, 5.41) is 3.07. The molecule has 1 aliphatic rings. The van der Waals surface area contributed by atoms with E-state index in [0.29, 0.717) is 6.54 Å². The maximum absolute atomic E-state index is 12.6. The zero-order chi connectivity index (χ0) is 25.8. The molecule has 36 heavy (non-hydrogen) atoms. The van der Waals surface area contributed by atoms with Crippen LogP contribution in [0.4, 0.5) is 0 Å². The molecule has 1 amide bonds. The highest BCUT2D eigenvalue weighted by atomic mass is 16.5. The Morgan fingerprint density at radius 3 is 2.08 bits per heavy atom. The Hall–Kier alpha value is -2.23. The Morgan fingerprint density at radius 1 is 0.889 bits per heavy atom. The molecule has 0 saturated carbocycles. The maximum Gasteiger partial charge on any atom is 0.267 e. The first-order valence-corrected chi connectivity index (χ1v) is 14.8. The number of aryl methyl sites for hydroxylation is 1. The smallest absolute Gasteiger partial charge is 0.267 e. The van der Waals surface area contributed by atoms with Gasteiger partial charge < -0.3 is 15.0 Å². The van der Waals surface area contributed by atoms with E-state index in [4.69, 9.17) is 4.74 Å². The van der Waals surface area contributed by atoms with Crippen molar-refractivity contribution in [3.8, 4) is 5.75 Å². The molecular weight excluding hydrogens is 444 g/mol. The zero-order valence-corrected chi connectivity index (χ0v) is 23.5. The Kier molecular flexibility index (Phi) is 15.8. The van der Waals surface area contributed by atoms with Crippen molar-refractivity contribution in [3.63, 3.8) is 0 Å². The number of amides is 1. The molecule has 0 atom stereocenters. The van der Waals surface area contributed by atoms with E-state index >= 15 is 0 Å². The lowest BCUT2D eigenvalue weighted by atomic mass is 10.0. The van der Waals surface area contributed by atoms with Crippen LogP contribution in [-0.4, -0.2) is 30.5 Å². The van der Waals surface area contributed by atoms with Crippen LogP contribution in [-0.2, 0) is 11.3 Å². The molecular formula is C32H52N2O2. The van der Waals surface area contributed by atoms with E-state index in [1.807, 2.05) is 18.2 Å². The van der Waals surface area contributed by atoms with Crippen molar-refractivity contribution >= 4 is 5.91 Å².